The highest BCUT2D eigenvalue weighted by Gasteiger charge is 2.11. The third kappa shape index (κ3) is 5.93. The van der Waals surface area contributed by atoms with Crippen molar-refractivity contribution in [3.63, 3.8) is 0 Å². The fraction of sp³-hybridized carbons (Fsp3) is 0.647. The molecule has 3 nitrogen and oxygen atoms in total. The van der Waals surface area contributed by atoms with E-state index in [0.29, 0.717) is 6.04 Å². The Morgan fingerprint density at radius 2 is 1.90 bits per heavy atom. The van der Waals surface area contributed by atoms with Crippen LogP contribution in [0.15, 0.2) is 24.3 Å². The van der Waals surface area contributed by atoms with E-state index in [1.54, 1.807) is 7.11 Å². The molecule has 3 heteroatoms. The number of benzene rings is 1. The summed E-state index contributed by atoms with van der Waals surface area (Å²) in [6, 6.07) is 8.80. The monoisotopic (exact) mass is 278 g/mol. The summed E-state index contributed by atoms with van der Waals surface area (Å²) in [5, 5.41) is 3.51. The molecule has 0 fully saturated rings. The van der Waals surface area contributed by atoms with E-state index in [0.717, 1.165) is 31.3 Å². The highest BCUT2D eigenvalue weighted by Crippen LogP contribution is 2.19. The summed E-state index contributed by atoms with van der Waals surface area (Å²) in [6.07, 6.45) is 1.17. The van der Waals surface area contributed by atoms with Gasteiger partial charge in [0.05, 0.1) is 7.11 Å². The van der Waals surface area contributed by atoms with E-state index in [1.165, 1.54) is 12.0 Å². The molecule has 0 aliphatic rings. The molecule has 0 aliphatic heterocycles. The Balaban J connectivity index is 2.39. The van der Waals surface area contributed by atoms with E-state index >= 15 is 0 Å². The van der Waals surface area contributed by atoms with Gasteiger partial charge < -0.3 is 10.1 Å². The maximum Gasteiger partial charge on any atom is 0.123 e. The van der Waals surface area contributed by atoms with Gasteiger partial charge in [-0.15, -0.1) is 0 Å². The molecular weight excluding hydrogens is 248 g/mol. The minimum Gasteiger partial charge on any atom is -0.496 e. The Bertz CT molecular complexity index is 379. The molecule has 0 spiro atoms. The van der Waals surface area contributed by atoms with Crippen LogP contribution in [0.3, 0.4) is 0 Å². The first-order valence-electron chi connectivity index (χ1n) is 7.57. The van der Waals surface area contributed by atoms with Gasteiger partial charge in [-0.1, -0.05) is 32.0 Å². The standard InChI is InChI=1S/C17H30N2O/c1-14(2)12-18-11-10-15(3)19(4)13-16-8-6-7-9-17(16)20-5/h6-9,14-15,18H,10-13H2,1-5H3. The SMILES string of the molecule is COc1ccccc1CN(C)C(C)CCNCC(C)C. The summed E-state index contributed by atoms with van der Waals surface area (Å²) in [5.74, 6) is 1.70. The molecule has 1 rings (SSSR count). The molecule has 20 heavy (non-hydrogen) atoms. The molecule has 1 unspecified atom stereocenters. The largest absolute Gasteiger partial charge is 0.496 e. The van der Waals surface area contributed by atoms with Crippen molar-refractivity contribution in [2.24, 2.45) is 5.92 Å². The molecule has 1 aromatic carbocycles. The number of hydrogen-bond donors (Lipinski definition) is 1. The van der Waals surface area contributed by atoms with Crippen molar-refractivity contribution in [3.05, 3.63) is 29.8 Å². The van der Waals surface area contributed by atoms with Crippen molar-refractivity contribution < 1.29 is 4.74 Å². The minimum absolute atomic E-state index is 0.555. The number of hydrogen-bond acceptors (Lipinski definition) is 3. The van der Waals surface area contributed by atoms with Gasteiger partial charge in [-0.05, 0) is 45.5 Å². The predicted molar refractivity (Wildman–Crippen MR) is 86.2 cm³/mol. The number of rotatable bonds is 9. The summed E-state index contributed by atoms with van der Waals surface area (Å²) in [4.78, 5) is 2.38. The summed E-state index contributed by atoms with van der Waals surface area (Å²) in [5.41, 5.74) is 1.25. The highest BCUT2D eigenvalue weighted by atomic mass is 16.5. The smallest absolute Gasteiger partial charge is 0.123 e. The zero-order valence-corrected chi connectivity index (χ0v) is 13.6. The lowest BCUT2D eigenvalue weighted by Crippen LogP contribution is -2.32. The van der Waals surface area contributed by atoms with Crippen LogP contribution < -0.4 is 10.1 Å². The molecular formula is C17H30N2O. The lowest BCUT2D eigenvalue weighted by Gasteiger charge is -2.25. The zero-order chi connectivity index (χ0) is 15.0. The average Bonchev–Trinajstić information content (AvgIpc) is 2.43. The van der Waals surface area contributed by atoms with Gasteiger partial charge in [0.15, 0.2) is 0 Å². The van der Waals surface area contributed by atoms with Gasteiger partial charge in [-0.25, -0.2) is 0 Å². The van der Waals surface area contributed by atoms with E-state index < -0.39 is 0 Å². The molecule has 1 atom stereocenters. The lowest BCUT2D eigenvalue weighted by atomic mass is 10.1. The Hall–Kier alpha value is -1.06. The van der Waals surface area contributed by atoms with E-state index in [-0.39, 0.29) is 0 Å². The molecule has 1 N–H and O–H groups in total. The summed E-state index contributed by atoms with van der Waals surface area (Å²) >= 11 is 0. The fourth-order valence-corrected chi connectivity index (χ4v) is 2.18. The van der Waals surface area contributed by atoms with Crippen molar-refractivity contribution in [3.8, 4) is 5.75 Å². The van der Waals surface area contributed by atoms with Crippen molar-refractivity contribution in [1.82, 2.24) is 10.2 Å². The molecule has 0 saturated heterocycles. The summed E-state index contributed by atoms with van der Waals surface area (Å²) < 4.78 is 5.41. The molecule has 0 amide bonds. The van der Waals surface area contributed by atoms with Crippen LogP contribution in [0.5, 0.6) is 5.75 Å². The normalized spacial score (nSPS) is 12.9. The van der Waals surface area contributed by atoms with Gasteiger partial charge >= 0.3 is 0 Å². The second-order valence-corrected chi connectivity index (χ2v) is 5.96. The maximum atomic E-state index is 5.41. The number of para-hydroxylation sites is 1. The Kier molecular flexibility index (Phi) is 7.63. The zero-order valence-electron chi connectivity index (χ0n) is 13.6. The molecule has 0 heterocycles. The van der Waals surface area contributed by atoms with Gasteiger partial charge in [-0.3, -0.25) is 4.90 Å². The van der Waals surface area contributed by atoms with Crippen LogP contribution in [0.25, 0.3) is 0 Å². The van der Waals surface area contributed by atoms with Gasteiger partial charge in [0, 0.05) is 18.2 Å². The molecule has 1 aromatic rings. The van der Waals surface area contributed by atoms with Crippen LogP contribution in [0.4, 0.5) is 0 Å². The highest BCUT2D eigenvalue weighted by molar-refractivity contribution is 5.33. The topological polar surface area (TPSA) is 24.5 Å². The van der Waals surface area contributed by atoms with E-state index in [1.807, 2.05) is 12.1 Å². The molecule has 0 saturated carbocycles. The minimum atomic E-state index is 0.555. The van der Waals surface area contributed by atoms with Crippen LogP contribution in [0.2, 0.25) is 0 Å². The fourth-order valence-electron chi connectivity index (χ4n) is 2.18. The summed E-state index contributed by atoms with van der Waals surface area (Å²) in [6.45, 7) is 9.87. The van der Waals surface area contributed by atoms with Crippen LogP contribution in [-0.4, -0.2) is 38.2 Å². The maximum absolute atomic E-state index is 5.41. The average molecular weight is 278 g/mol. The Labute approximate surface area is 124 Å². The van der Waals surface area contributed by atoms with Crippen LogP contribution in [-0.2, 0) is 6.54 Å². The Morgan fingerprint density at radius 1 is 1.20 bits per heavy atom. The van der Waals surface area contributed by atoms with Crippen molar-refractivity contribution >= 4 is 0 Å². The van der Waals surface area contributed by atoms with Crippen molar-refractivity contribution in [2.45, 2.75) is 39.8 Å². The van der Waals surface area contributed by atoms with E-state index in [9.17, 15) is 0 Å². The van der Waals surface area contributed by atoms with Crippen LogP contribution in [0.1, 0.15) is 32.8 Å². The quantitative estimate of drug-likeness (QED) is 0.702. The van der Waals surface area contributed by atoms with E-state index in [2.05, 4.69) is 50.2 Å². The molecule has 0 bridgehead atoms. The van der Waals surface area contributed by atoms with Crippen molar-refractivity contribution in [1.29, 1.82) is 0 Å². The number of ether oxygens (including phenoxy) is 1. The molecule has 0 aromatic heterocycles. The van der Waals surface area contributed by atoms with Gasteiger partial charge in [-0.2, -0.15) is 0 Å². The Morgan fingerprint density at radius 3 is 2.55 bits per heavy atom. The second-order valence-electron chi connectivity index (χ2n) is 5.96. The second kappa shape index (κ2) is 8.98. The van der Waals surface area contributed by atoms with Gasteiger partial charge in [0.2, 0.25) is 0 Å². The first-order valence-corrected chi connectivity index (χ1v) is 7.57. The third-order valence-corrected chi connectivity index (χ3v) is 3.66. The summed E-state index contributed by atoms with van der Waals surface area (Å²) in [7, 11) is 3.91. The van der Waals surface area contributed by atoms with Crippen LogP contribution >= 0.6 is 0 Å². The lowest BCUT2D eigenvalue weighted by molar-refractivity contribution is 0.233. The van der Waals surface area contributed by atoms with E-state index in [4.69, 9.17) is 4.74 Å². The van der Waals surface area contributed by atoms with Gasteiger partial charge in [0.25, 0.3) is 0 Å². The van der Waals surface area contributed by atoms with Crippen LogP contribution in [0, 0.1) is 5.92 Å². The first kappa shape index (κ1) is 17.0. The molecule has 114 valence electrons. The molecule has 0 radical (unpaired) electrons. The van der Waals surface area contributed by atoms with Gasteiger partial charge in [0.1, 0.15) is 5.75 Å². The van der Waals surface area contributed by atoms with Crippen molar-refractivity contribution in [2.75, 3.05) is 27.2 Å². The number of nitrogens with zero attached hydrogens (tertiary/aromatic N) is 1. The molecule has 0 aliphatic carbocycles. The third-order valence-electron chi connectivity index (χ3n) is 3.66. The first-order chi connectivity index (χ1) is 9.54. The predicted octanol–water partition coefficient (Wildman–Crippen LogP) is 3.15. The number of methoxy groups -OCH3 is 1. The number of nitrogens with one attached hydrogen (secondary N) is 1.